The van der Waals surface area contributed by atoms with Crippen LogP contribution in [-0.2, 0) is 6.42 Å². The first kappa shape index (κ1) is 23.2. The maximum Gasteiger partial charge on any atom is 0.159 e. The molecule has 5 heteroatoms. The van der Waals surface area contributed by atoms with Gasteiger partial charge in [-0.3, -0.25) is 0 Å². The third kappa shape index (κ3) is 8.88. The van der Waals surface area contributed by atoms with E-state index in [2.05, 4.69) is 16.9 Å². The first-order valence-electron chi connectivity index (χ1n) is 11.0. The molecule has 1 aromatic heterocycles. The molecule has 3 nitrogen and oxygen atoms in total. The molecule has 0 amide bonds. The van der Waals surface area contributed by atoms with E-state index in [0.29, 0.717) is 42.1 Å². The number of rotatable bonds is 14. The van der Waals surface area contributed by atoms with E-state index >= 15 is 0 Å². The van der Waals surface area contributed by atoms with E-state index in [1.807, 2.05) is 6.07 Å². The Morgan fingerprint density at radius 2 is 1.69 bits per heavy atom. The van der Waals surface area contributed by atoms with Crippen LogP contribution in [0.25, 0.3) is 11.4 Å². The van der Waals surface area contributed by atoms with Crippen LogP contribution >= 0.6 is 0 Å². The summed E-state index contributed by atoms with van der Waals surface area (Å²) in [5.41, 5.74) is 1.30. The monoisotopic (exact) mass is 404 g/mol. The summed E-state index contributed by atoms with van der Waals surface area (Å²) >= 11 is 0. The van der Waals surface area contributed by atoms with Gasteiger partial charge >= 0.3 is 0 Å². The van der Waals surface area contributed by atoms with Crippen LogP contribution in [-0.4, -0.2) is 22.7 Å². The third-order valence-electron chi connectivity index (χ3n) is 5.00. The molecule has 0 N–H and O–H groups in total. The van der Waals surface area contributed by atoms with Crippen molar-refractivity contribution >= 4 is 0 Å². The smallest absolute Gasteiger partial charge is 0.159 e. The van der Waals surface area contributed by atoms with E-state index in [-0.39, 0.29) is 5.82 Å². The largest absolute Gasteiger partial charge is 0.490 e. The van der Waals surface area contributed by atoms with Gasteiger partial charge in [-0.2, -0.15) is 0 Å². The molecule has 1 aromatic carbocycles. The van der Waals surface area contributed by atoms with Crippen LogP contribution in [0.4, 0.5) is 8.78 Å². The molecule has 2 aromatic rings. The summed E-state index contributed by atoms with van der Waals surface area (Å²) in [4.78, 5) is 8.62. The van der Waals surface area contributed by atoms with Crippen molar-refractivity contribution in [3.63, 3.8) is 0 Å². The van der Waals surface area contributed by atoms with E-state index in [0.717, 1.165) is 19.3 Å². The molecule has 29 heavy (non-hydrogen) atoms. The number of unbranched alkanes of at least 4 members (excludes halogenated alkanes) is 6. The predicted molar refractivity (Wildman–Crippen MR) is 114 cm³/mol. The molecule has 0 aliphatic heterocycles. The maximum absolute atomic E-state index is 14.4. The summed E-state index contributed by atoms with van der Waals surface area (Å²) in [6, 6.07) is 5.08. The first-order chi connectivity index (χ1) is 14.1. The van der Waals surface area contributed by atoms with Crippen molar-refractivity contribution in [1.29, 1.82) is 0 Å². The lowest BCUT2D eigenvalue weighted by atomic mass is 10.0. The highest BCUT2D eigenvalue weighted by Gasteiger charge is 2.08. The second-order valence-electron chi connectivity index (χ2n) is 7.69. The molecule has 0 aliphatic rings. The molecule has 0 saturated carbocycles. The lowest BCUT2D eigenvalue weighted by Gasteiger charge is -2.08. The quantitative estimate of drug-likeness (QED) is 0.315. The number of hydrogen-bond acceptors (Lipinski definition) is 3. The normalized spacial score (nSPS) is 12.1. The first-order valence-corrected chi connectivity index (χ1v) is 11.0. The van der Waals surface area contributed by atoms with Gasteiger partial charge < -0.3 is 4.74 Å². The molecule has 0 radical (unpaired) electrons. The molecule has 1 heterocycles. The van der Waals surface area contributed by atoms with Gasteiger partial charge in [-0.1, -0.05) is 57.6 Å². The van der Waals surface area contributed by atoms with Crippen molar-refractivity contribution in [1.82, 2.24) is 9.97 Å². The molecule has 160 valence electrons. The molecule has 0 bridgehead atoms. The van der Waals surface area contributed by atoms with Gasteiger partial charge in [-0.15, -0.1) is 0 Å². The van der Waals surface area contributed by atoms with E-state index in [4.69, 9.17) is 4.74 Å². The Labute approximate surface area is 173 Å². The summed E-state index contributed by atoms with van der Waals surface area (Å²) in [6.07, 6.45) is 12.5. The van der Waals surface area contributed by atoms with Gasteiger partial charge in [-0.05, 0) is 44.2 Å². The minimum Gasteiger partial charge on any atom is -0.490 e. The third-order valence-corrected chi connectivity index (χ3v) is 5.00. The Morgan fingerprint density at radius 1 is 0.966 bits per heavy atom. The van der Waals surface area contributed by atoms with Crippen molar-refractivity contribution in [3.05, 3.63) is 42.0 Å². The highest BCUT2D eigenvalue weighted by Crippen LogP contribution is 2.21. The summed E-state index contributed by atoms with van der Waals surface area (Å²) in [5, 5.41) is 0. The van der Waals surface area contributed by atoms with E-state index < -0.39 is 6.17 Å². The Kier molecular flexibility index (Phi) is 10.6. The molecule has 0 aliphatic carbocycles. The van der Waals surface area contributed by atoms with Crippen LogP contribution in [0.1, 0.15) is 77.2 Å². The zero-order valence-corrected chi connectivity index (χ0v) is 17.8. The number of ether oxygens (including phenoxy) is 1. The fourth-order valence-corrected chi connectivity index (χ4v) is 3.24. The molecule has 0 spiro atoms. The number of nitrogens with zero attached hydrogens (tertiary/aromatic N) is 2. The SMILES string of the molecule is CCCCCCCCOc1cnc(-c2ccc(CCCCC(C)F)c(F)c2)nc1. The second-order valence-corrected chi connectivity index (χ2v) is 7.69. The van der Waals surface area contributed by atoms with Crippen LogP contribution < -0.4 is 4.74 Å². The Hall–Kier alpha value is -2.04. The van der Waals surface area contributed by atoms with E-state index in [9.17, 15) is 8.78 Å². The van der Waals surface area contributed by atoms with Gasteiger partial charge in [0.15, 0.2) is 11.6 Å². The van der Waals surface area contributed by atoms with Crippen LogP contribution in [0.3, 0.4) is 0 Å². The average Bonchev–Trinajstić information content (AvgIpc) is 2.72. The van der Waals surface area contributed by atoms with Crippen molar-refractivity contribution in [2.75, 3.05) is 6.61 Å². The van der Waals surface area contributed by atoms with Gasteiger partial charge in [-0.25, -0.2) is 18.7 Å². The Bertz CT molecular complexity index is 705. The highest BCUT2D eigenvalue weighted by molar-refractivity contribution is 5.55. The average molecular weight is 405 g/mol. The number of benzene rings is 1. The lowest BCUT2D eigenvalue weighted by Crippen LogP contribution is -1.99. The Morgan fingerprint density at radius 3 is 2.38 bits per heavy atom. The van der Waals surface area contributed by atoms with Gasteiger partial charge in [0.1, 0.15) is 5.82 Å². The van der Waals surface area contributed by atoms with Gasteiger partial charge in [0.05, 0.1) is 25.2 Å². The fraction of sp³-hybridized carbons (Fsp3) is 0.583. The predicted octanol–water partition coefficient (Wildman–Crippen LogP) is 7.09. The molecule has 0 fully saturated rings. The molecular formula is C24H34F2N2O. The summed E-state index contributed by atoms with van der Waals surface area (Å²) < 4.78 is 32.9. The summed E-state index contributed by atoms with van der Waals surface area (Å²) in [6.45, 7) is 4.44. The molecule has 0 saturated heterocycles. The van der Waals surface area contributed by atoms with Crippen LogP contribution in [0.2, 0.25) is 0 Å². The zero-order valence-electron chi connectivity index (χ0n) is 17.8. The topological polar surface area (TPSA) is 35.0 Å². The zero-order chi connectivity index (χ0) is 20.9. The molecule has 2 rings (SSSR count). The van der Waals surface area contributed by atoms with Gasteiger partial charge in [0.25, 0.3) is 0 Å². The number of aryl methyl sites for hydroxylation is 1. The molecular weight excluding hydrogens is 370 g/mol. The highest BCUT2D eigenvalue weighted by atomic mass is 19.1. The Balaban J connectivity index is 1.79. The van der Waals surface area contributed by atoms with Crippen LogP contribution in [0, 0.1) is 5.82 Å². The van der Waals surface area contributed by atoms with Gasteiger partial charge in [0.2, 0.25) is 0 Å². The summed E-state index contributed by atoms with van der Waals surface area (Å²) in [5.74, 6) is 0.859. The number of aromatic nitrogens is 2. The molecule has 1 atom stereocenters. The van der Waals surface area contributed by atoms with E-state index in [1.165, 1.54) is 38.2 Å². The van der Waals surface area contributed by atoms with Crippen LogP contribution in [0.5, 0.6) is 5.75 Å². The fourth-order valence-electron chi connectivity index (χ4n) is 3.24. The van der Waals surface area contributed by atoms with Crippen molar-refractivity contribution in [2.45, 2.75) is 84.2 Å². The standard InChI is InChI=1S/C24H34F2N2O/c1-3-4-5-6-7-10-15-29-22-17-27-24(28-18-22)21-14-13-20(23(26)16-21)12-9-8-11-19(2)25/h13-14,16-19H,3-12,15H2,1-2H3. The number of alkyl halides is 1. The van der Waals surface area contributed by atoms with Crippen LogP contribution in [0.15, 0.2) is 30.6 Å². The second kappa shape index (κ2) is 13.2. The number of hydrogen-bond donors (Lipinski definition) is 0. The number of halogens is 2. The molecule has 1 unspecified atom stereocenters. The van der Waals surface area contributed by atoms with Crippen molar-refractivity contribution in [2.24, 2.45) is 0 Å². The van der Waals surface area contributed by atoms with E-state index in [1.54, 1.807) is 25.4 Å². The summed E-state index contributed by atoms with van der Waals surface area (Å²) in [7, 11) is 0. The maximum atomic E-state index is 14.4. The van der Waals surface area contributed by atoms with Crippen molar-refractivity contribution < 1.29 is 13.5 Å². The van der Waals surface area contributed by atoms with Crippen molar-refractivity contribution in [3.8, 4) is 17.1 Å². The van der Waals surface area contributed by atoms with Gasteiger partial charge in [0, 0.05) is 5.56 Å². The lowest BCUT2D eigenvalue weighted by molar-refractivity contribution is 0.302. The minimum absolute atomic E-state index is 0.261. The minimum atomic E-state index is -0.794.